The Bertz CT molecular complexity index is 1780. The van der Waals surface area contributed by atoms with E-state index in [4.69, 9.17) is 19.2 Å². The van der Waals surface area contributed by atoms with E-state index in [1.54, 1.807) is 17.6 Å². The smallest absolute Gasteiger partial charge is 0.343 e. The lowest BCUT2D eigenvalue weighted by atomic mass is 9.86. The molecule has 0 radical (unpaired) electrons. The Kier molecular flexibility index (Phi) is 5.15. The second kappa shape index (κ2) is 8.51. The number of aryl methyl sites for hydroxylation is 1. The fraction of sp³-hybridized carbons (Fsp3) is 0.267. The molecule has 0 unspecified atom stereocenters. The number of hydrogen-bond donors (Lipinski definition) is 1. The SMILES string of the molecule is CC[C@@]1(O)C(=O)OCc2c1cc1n(c2=O)Cc2c-1nc1ccc(CCC(=O)c3ccccc3)c3c1c2OCO3. The van der Waals surface area contributed by atoms with Gasteiger partial charge < -0.3 is 23.9 Å². The van der Waals surface area contributed by atoms with Crippen molar-refractivity contribution in [2.75, 3.05) is 6.79 Å². The van der Waals surface area contributed by atoms with Crippen LogP contribution in [0.2, 0.25) is 0 Å². The molecule has 196 valence electrons. The first-order valence-electron chi connectivity index (χ1n) is 12.9. The van der Waals surface area contributed by atoms with Gasteiger partial charge in [0.1, 0.15) is 18.1 Å². The summed E-state index contributed by atoms with van der Waals surface area (Å²) >= 11 is 0. The van der Waals surface area contributed by atoms with Crippen molar-refractivity contribution >= 4 is 22.7 Å². The molecule has 0 amide bonds. The average Bonchev–Trinajstić information content (AvgIpc) is 3.34. The third-order valence-electron chi connectivity index (χ3n) is 7.96. The van der Waals surface area contributed by atoms with E-state index in [9.17, 15) is 19.5 Å². The standard InChI is InChI=1S/C30H24N2O7/c1-2-30(36)20-12-22-25-18(13-32(22)28(34)19(20)14-37-29(30)35)27-24-21(31-25)10-8-17(26(24)38-15-39-27)9-11-23(33)16-6-4-3-5-7-16/h3-8,10,12,36H,2,9,11,13-15H2,1H3/t30-/m0/s1. The summed E-state index contributed by atoms with van der Waals surface area (Å²) in [5.41, 5.74) is 2.31. The highest BCUT2D eigenvalue weighted by molar-refractivity contribution is 5.98. The van der Waals surface area contributed by atoms with Crippen molar-refractivity contribution < 1.29 is 28.9 Å². The van der Waals surface area contributed by atoms with Crippen LogP contribution in [0.15, 0.2) is 53.3 Å². The van der Waals surface area contributed by atoms with E-state index >= 15 is 0 Å². The van der Waals surface area contributed by atoms with E-state index in [0.29, 0.717) is 52.2 Å². The van der Waals surface area contributed by atoms with Crippen LogP contribution in [0.25, 0.3) is 22.3 Å². The number of carbonyl (C=O) groups is 2. The number of Topliss-reactive ketones (excluding diaryl/α,β-unsaturated/α-hetero) is 1. The molecule has 0 aliphatic carbocycles. The molecule has 39 heavy (non-hydrogen) atoms. The molecule has 3 aliphatic heterocycles. The fourth-order valence-electron chi connectivity index (χ4n) is 5.83. The lowest BCUT2D eigenvalue weighted by Gasteiger charge is -2.31. The molecular weight excluding hydrogens is 500 g/mol. The first-order valence-corrected chi connectivity index (χ1v) is 12.9. The van der Waals surface area contributed by atoms with Crippen LogP contribution in [0.5, 0.6) is 11.5 Å². The van der Waals surface area contributed by atoms with E-state index in [-0.39, 0.29) is 48.8 Å². The van der Waals surface area contributed by atoms with Crippen LogP contribution in [-0.4, -0.2) is 33.2 Å². The zero-order valence-corrected chi connectivity index (χ0v) is 21.2. The van der Waals surface area contributed by atoms with Crippen molar-refractivity contribution in [1.82, 2.24) is 9.55 Å². The third kappa shape index (κ3) is 3.36. The second-order valence-electron chi connectivity index (χ2n) is 10.0. The van der Waals surface area contributed by atoms with Crippen LogP contribution < -0.4 is 15.0 Å². The summed E-state index contributed by atoms with van der Waals surface area (Å²) < 4.78 is 18.7. The molecule has 9 heteroatoms. The predicted molar refractivity (Wildman–Crippen MR) is 140 cm³/mol. The van der Waals surface area contributed by atoms with Gasteiger partial charge in [-0.15, -0.1) is 0 Å². The number of hydrogen-bond acceptors (Lipinski definition) is 8. The van der Waals surface area contributed by atoms with Crippen molar-refractivity contribution in [3.8, 4) is 22.9 Å². The molecule has 4 aromatic rings. The van der Waals surface area contributed by atoms with E-state index in [2.05, 4.69) is 0 Å². The molecule has 1 atom stereocenters. The fourth-order valence-corrected chi connectivity index (χ4v) is 5.83. The summed E-state index contributed by atoms with van der Waals surface area (Å²) in [6.45, 7) is 1.70. The monoisotopic (exact) mass is 524 g/mol. The topological polar surface area (TPSA) is 117 Å². The summed E-state index contributed by atoms with van der Waals surface area (Å²) in [5.74, 6) is 0.513. The Morgan fingerprint density at radius 3 is 2.64 bits per heavy atom. The Balaban J connectivity index is 1.33. The molecule has 5 heterocycles. The van der Waals surface area contributed by atoms with Crippen molar-refractivity contribution in [3.63, 3.8) is 0 Å². The number of fused-ring (bicyclic) bond motifs is 5. The molecule has 2 aromatic heterocycles. The molecule has 0 saturated heterocycles. The van der Waals surface area contributed by atoms with Gasteiger partial charge in [-0.05, 0) is 30.5 Å². The van der Waals surface area contributed by atoms with Gasteiger partial charge in [0, 0.05) is 23.1 Å². The van der Waals surface area contributed by atoms with Crippen LogP contribution in [0.4, 0.5) is 0 Å². The summed E-state index contributed by atoms with van der Waals surface area (Å²) in [7, 11) is 0. The van der Waals surface area contributed by atoms with Gasteiger partial charge in [0.05, 0.1) is 34.4 Å². The number of ketones is 1. The molecule has 0 saturated carbocycles. The van der Waals surface area contributed by atoms with E-state index in [0.717, 1.165) is 11.1 Å². The predicted octanol–water partition coefficient (Wildman–Crippen LogP) is 3.62. The van der Waals surface area contributed by atoms with Crippen LogP contribution in [-0.2, 0) is 34.7 Å². The maximum absolute atomic E-state index is 13.5. The first-order chi connectivity index (χ1) is 18.9. The number of rotatable bonds is 5. The Hall–Kier alpha value is -4.50. The average molecular weight is 525 g/mol. The van der Waals surface area contributed by atoms with Crippen LogP contribution in [0.1, 0.15) is 52.4 Å². The molecule has 1 N–H and O–H groups in total. The normalized spacial score (nSPS) is 18.5. The zero-order valence-electron chi connectivity index (χ0n) is 21.2. The summed E-state index contributed by atoms with van der Waals surface area (Å²) in [4.78, 5) is 43.6. The number of carbonyl (C=O) groups excluding carboxylic acids is 2. The quantitative estimate of drug-likeness (QED) is 0.274. The molecule has 0 fully saturated rings. The molecule has 7 rings (SSSR count). The van der Waals surface area contributed by atoms with Gasteiger partial charge in [0.15, 0.2) is 11.4 Å². The highest BCUT2D eigenvalue weighted by Crippen LogP contribution is 2.47. The van der Waals surface area contributed by atoms with Gasteiger partial charge in [-0.1, -0.05) is 43.3 Å². The van der Waals surface area contributed by atoms with E-state index in [1.165, 1.54) is 0 Å². The molecule has 0 bridgehead atoms. The van der Waals surface area contributed by atoms with Gasteiger partial charge in [-0.3, -0.25) is 9.59 Å². The largest absolute Gasteiger partial charge is 0.458 e. The number of cyclic esters (lactones) is 1. The molecule has 0 spiro atoms. The van der Waals surface area contributed by atoms with Gasteiger partial charge in [0.2, 0.25) is 6.79 Å². The number of benzene rings is 2. The van der Waals surface area contributed by atoms with Crippen LogP contribution in [0.3, 0.4) is 0 Å². The van der Waals surface area contributed by atoms with Gasteiger partial charge >= 0.3 is 5.97 Å². The lowest BCUT2D eigenvalue weighted by Crippen LogP contribution is -2.44. The van der Waals surface area contributed by atoms with E-state index < -0.39 is 11.6 Å². The van der Waals surface area contributed by atoms with Gasteiger partial charge in [-0.2, -0.15) is 0 Å². The highest BCUT2D eigenvalue weighted by atomic mass is 16.7. The third-order valence-corrected chi connectivity index (χ3v) is 7.96. The number of aliphatic hydroxyl groups is 1. The number of nitrogens with zero attached hydrogens (tertiary/aromatic N) is 2. The number of pyridine rings is 2. The number of ether oxygens (including phenoxy) is 3. The maximum Gasteiger partial charge on any atom is 0.343 e. The second-order valence-corrected chi connectivity index (χ2v) is 10.0. The molecule has 2 aromatic carbocycles. The minimum atomic E-state index is -1.89. The molecule has 3 aliphatic rings. The van der Waals surface area contributed by atoms with Crippen LogP contribution >= 0.6 is 0 Å². The number of aromatic nitrogens is 2. The van der Waals surface area contributed by atoms with Gasteiger partial charge in [-0.25, -0.2) is 9.78 Å². The Labute approximate surface area is 222 Å². The highest BCUT2D eigenvalue weighted by Gasteiger charge is 2.45. The zero-order chi connectivity index (χ0) is 26.9. The molecular formula is C30H24N2O7. The summed E-state index contributed by atoms with van der Waals surface area (Å²) in [5, 5.41) is 11.8. The maximum atomic E-state index is 13.5. The van der Waals surface area contributed by atoms with Gasteiger partial charge in [0.25, 0.3) is 5.56 Å². The van der Waals surface area contributed by atoms with E-state index in [1.807, 2.05) is 42.5 Å². The van der Waals surface area contributed by atoms with Crippen molar-refractivity contribution in [2.45, 2.75) is 44.9 Å². The summed E-state index contributed by atoms with van der Waals surface area (Å²) in [6, 6.07) is 14.6. The minimum Gasteiger partial charge on any atom is -0.458 e. The Morgan fingerprint density at radius 2 is 1.85 bits per heavy atom. The Morgan fingerprint density at radius 1 is 1.05 bits per heavy atom. The van der Waals surface area contributed by atoms with Crippen molar-refractivity contribution in [3.05, 3.63) is 86.7 Å². The van der Waals surface area contributed by atoms with Crippen molar-refractivity contribution in [2.24, 2.45) is 0 Å². The minimum absolute atomic E-state index is 0.0120. The number of esters is 1. The summed E-state index contributed by atoms with van der Waals surface area (Å²) in [6.07, 6.45) is 0.893. The lowest BCUT2D eigenvalue weighted by molar-refractivity contribution is -0.172. The van der Waals surface area contributed by atoms with Crippen molar-refractivity contribution in [1.29, 1.82) is 0 Å². The molecule has 9 nitrogen and oxygen atoms in total. The first kappa shape index (κ1) is 23.6. The van der Waals surface area contributed by atoms with Crippen LogP contribution in [0, 0.1) is 0 Å².